The molecule has 4 aromatic rings. The number of carbonyl (C=O) groups is 1. The van der Waals surface area contributed by atoms with Gasteiger partial charge in [0.15, 0.2) is 0 Å². The van der Waals surface area contributed by atoms with Crippen LogP contribution in [0.5, 0.6) is 0 Å². The molecule has 1 amide bonds. The van der Waals surface area contributed by atoms with Crippen molar-refractivity contribution in [3.05, 3.63) is 125 Å². The number of rotatable bonds is 7. The molecule has 0 saturated carbocycles. The number of carbonyl (C=O) groups excluding carboxylic acids is 1. The van der Waals surface area contributed by atoms with E-state index in [1.165, 1.54) is 11.1 Å². The van der Waals surface area contributed by atoms with Gasteiger partial charge in [-0.1, -0.05) is 72.8 Å². The second-order valence-corrected chi connectivity index (χ2v) is 7.02. The zero-order chi connectivity index (χ0) is 19.9. The summed E-state index contributed by atoms with van der Waals surface area (Å²) in [7, 11) is 0. The van der Waals surface area contributed by atoms with Crippen LogP contribution in [0.3, 0.4) is 0 Å². The molecule has 4 nitrogen and oxygen atoms in total. The topological polar surface area (TPSA) is 46.9 Å². The van der Waals surface area contributed by atoms with Crippen LogP contribution in [-0.4, -0.2) is 15.7 Å². The molecule has 0 aliphatic rings. The van der Waals surface area contributed by atoms with Crippen molar-refractivity contribution < 1.29 is 4.79 Å². The van der Waals surface area contributed by atoms with Gasteiger partial charge >= 0.3 is 0 Å². The molecule has 0 atom stereocenters. The van der Waals surface area contributed by atoms with E-state index in [0.29, 0.717) is 6.54 Å². The van der Waals surface area contributed by atoms with Crippen molar-refractivity contribution in [1.82, 2.24) is 15.1 Å². The van der Waals surface area contributed by atoms with Crippen molar-refractivity contribution in [3.8, 4) is 0 Å². The Morgan fingerprint density at radius 2 is 1.52 bits per heavy atom. The summed E-state index contributed by atoms with van der Waals surface area (Å²) in [6, 6.07) is 28.2. The zero-order valence-electron chi connectivity index (χ0n) is 16.2. The van der Waals surface area contributed by atoms with Gasteiger partial charge in [-0.3, -0.25) is 9.48 Å². The first kappa shape index (κ1) is 18.7. The molecule has 144 valence electrons. The summed E-state index contributed by atoms with van der Waals surface area (Å²) in [5.41, 5.74) is 5.21. The summed E-state index contributed by atoms with van der Waals surface area (Å²) in [5.74, 6) is -0.0443. The van der Waals surface area contributed by atoms with Crippen LogP contribution in [0.4, 0.5) is 0 Å². The quantitative estimate of drug-likeness (QED) is 0.514. The van der Waals surface area contributed by atoms with Gasteiger partial charge in [-0.25, -0.2) is 0 Å². The van der Waals surface area contributed by atoms with Gasteiger partial charge in [-0.2, -0.15) is 5.10 Å². The number of aromatic nitrogens is 2. The third kappa shape index (κ3) is 4.99. The average molecular weight is 381 g/mol. The summed E-state index contributed by atoms with van der Waals surface area (Å²) in [6.45, 7) is 1.24. The minimum absolute atomic E-state index is 0.0443. The van der Waals surface area contributed by atoms with Gasteiger partial charge in [-0.15, -0.1) is 0 Å². The van der Waals surface area contributed by atoms with Crippen molar-refractivity contribution in [1.29, 1.82) is 0 Å². The number of hydrogen-bond donors (Lipinski definition) is 1. The van der Waals surface area contributed by atoms with Crippen molar-refractivity contribution in [2.24, 2.45) is 0 Å². The molecule has 0 aliphatic carbocycles. The van der Waals surface area contributed by atoms with E-state index in [-0.39, 0.29) is 5.91 Å². The molecule has 0 radical (unpaired) electrons. The Bertz CT molecular complexity index is 1050. The lowest BCUT2D eigenvalue weighted by Crippen LogP contribution is -2.24. The third-order valence-electron chi connectivity index (χ3n) is 4.88. The van der Waals surface area contributed by atoms with Gasteiger partial charge in [0.2, 0.25) is 0 Å². The fraction of sp³-hybridized carbons (Fsp3) is 0.120. The maximum Gasteiger partial charge on any atom is 0.251 e. The minimum Gasteiger partial charge on any atom is -0.348 e. The van der Waals surface area contributed by atoms with Crippen molar-refractivity contribution in [2.45, 2.75) is 19.5 Å². The summed E-state index contributed by atoms with van der Waals surface area (Å²) < 4.78 is 1.89. The van der Waals surface area contributed by atoms with E-state index in [4.69, 9.17) is 0 Å². The molecule has 3 aromatic carbocycles. The van der Waals surface area contributed by atoms with Crippen LogP contribution in [0, 0.1) is 0 Å². The van der Waals surface area contributed by atoms with Crippen molar-refractivity contribution in [2.75, 3.05) is 0 Å². The highest BCUT2D eigenvalue weighted by atomic mass is 16.1. The lowest BCUT2D eigenvalue weighted by Gasteiger charge is -2.11. The molecule has 1 N–H and O–H groups in total. The lowest BCUT2D eigenvalue weighted by molar-refractivity contribution is 0.0950. The molecule has 0 spiro atoms. The molecule has 4 rings (SSSR count). The standard InChI is InChI=1S/C25H23N3O/c29-25(24-10-5-4-9-23(24)17-20-7-2-1-3-8-20)26-18-21-11-13-22(14-12-21)19-28-16-6-15-27-28/h1-16H,17-19H2,(H,26,29). The molecule has 0 unspecified atom stereocenters. The first-order valence-corrected chi connectivity index (χ1v) is 9.73. The predicted molar refractivity (Wildman–Crippen MR) is 115 cm³/mol. The summed E-state index contributed by atoms with van der Waals surface area (Å²) in [5, 5.41) is 7.27. The maximum atomic E-state index is 12.8. The highest BCUT2D eigenvalue weighted by molar-refractivity contribution is 5.95. The van der Waals surface area contributed by atoms with Crippen LogP contribution in [0.1, 0.15) is 32.6 Å². The second kappa shape index (κ2) is 9.02. The molecular weight excluding hydrogens is 358 g/mol. The summed E-state index contributed by atoms with van der Waals surface area (Å²) >= 11 is 0. The number of benzene rings is 3. The van der Waals surface area contributed by atoms with Gasteiger partial charge in [0.1, 0.15) is 0 Å². The molecule has 29 heavy (non-hydrogen) atoms. The average Bonchev–Trinajstić information content (AvgIpc) is 3.27. The molecule has 0 aliphatic heterocycles. The van der Waals surface area contributed by atoms with Gasteiger partial charge in [-0.05, 0) is 40.8 Å². The molecule has 0 bridgehead atoms. The Hall–Kier alpha value is -3.66. The van der Waals surface area contributed by atoms with Crippen molar-refractivity contribution >= 4 is 5.91 Å². The highest BCUT2D eigenvalue weighted by Gasteiger charge is 2.11. The first-order valence-electron chi connectivity index (χ1n) is 9.73. The predicted octanol–water partition coefficient (Wildman–Crippen LogP) is 4.45. The normalized spacial score (nSPS) is 10.6. The van der Waals surface area contributed by atoms with Crippen LogP contribution < -0.4 is 5.32 Å². The van der Waals surface area contributed by atoms with E-state index in [0.717, 1.165) is 29.7 Å². The van der Waals surface area contributed by atoms with Gasteiger partial charge in [0, 0.05) is 24.5 Å². The van der Waals surface area contributed by atoms with Crippen LogP contribution >= 0.6 is 0 Å². The highest BCUT2D eigenvalue weighted by Crippen LogP contribution is 2.15. The molecule has 0 fully saturated rings. The van der Waals surface area contributed by atoms with E-state index in [2.05, 4.69) is 46.8 Å². The van der Waals surface area contributed by atoms with Gasteiger partial charge < -0.3 is 5.32 Å². The third-order valence-corrected chi connectivity index (χ3v) is 4.88. The second-order valence-electron chi connectivity index (χ2n) is 7.02. The molecule has 0 saturated heterocycles. The lowest BCUT2D eigenvalue weighted by atomic mass is 9.99. The number of nitrogens with zero attached hydrogens (tertiary/aromatic N) is 2. The van der Waals surface area contributed by atoms with E-state index in [1.54, 1.807) is 6.20 Å². The Morgan fingerprint density at radius 1 is 0.793 bits per heavy atom. The van der Waals surface area contributed by atoms with E-state index in [1.807, 2.05) is 59.4 Å². The fourth-order valence-corrected chi connectivity index (χ4v) is 3.33. The first-order chi connectivity index (χ1) is 14.3. The van der Waals surface area contributed by atoms with Crippen LogP contribution in [0.15, 0.2) is 97.3 Å². The Balaban J connectivity index is 1.38. The minimum atomic E-state index is -0.0443. The van der Waals surface area contributed by atoms with Crippen LogP contribution in [0.2, 0.25) is 0 Å². The van der Waals surface area contributed by atoms with Gasteiger partial charge in [0.05, 0.1) is 6.54 Å². The zero-order valence-corrected chi connectivity index (χ0v) is 16.2. The molecule has 1 heterocycles. The number of amides is 1. The van der Waals surface area contributed by atoms with Crippen LogP contribution in [0.25, 0.3) is 0 Å². The Morgan fingerprint density at radius 3 is 2.28 bits per heavy atom. The van der Waals surface area contributed by atoms with Gasteiger partial charge in [0.25, 0.3) is 5.91 Å². The molecular formula is C25H23N3O. The largest absolute Gasteiger partial charge is 0.348 e. The summed E-state index contributed by atoms with van der Waals surface area (Å²) in [6.07, 6.45) is 4.47. The van der Waals surface area contributed by atoms with E-state index in [9.17, 15) is 4.79 Å². The fourth-order valence-electron chi connectivity index (χ4n) is 3.33. The number of nitrogens with one attached hydrogen (secondary N) is 1. The Kier molecular flexibility index (Phi) is 5.81. The van der Waals surface area contributed by atoms with Crippen LogP contribution in [-0.2, 0) is 19.5 Å². The SMILES string of the molecule is O=C(NCc1ccc(Cn2cccn2)cc1)c1ccccc1Cc1ccccc1. The Labute approximate surface area is 170 Å². The smallest absolute Gasteiger partial charge is 0.251 e. The van der Waals surface area contributed by atoms with E-state index >= 15 is 0 Å². The maximum absolute atomic E-state index is 12.8. The molecule has 4 heteroatoms. The molecule has 1 aromatic heterocycles. The number of hydrogen-bond acceptors (Lipinski definition) is 2. The van der Waals surface area contributed by atoms with E-state index < -0.39 is 0 Å². The summed E-state index contributed by atoms with van der Waals surface area (Å²) in [4.78, 5) is 12.8. The monoisotopic (exact) mass is 381 g/mol. The van der Waals surface area contributed by atoms with Crippen molar-refractivity contribution in [3.63, 3.8) is 0 Å².